The summed E-state index contributed by atoms with van der Waals surface area (Å²) in [5, 5.41) is 0. The fourth-order valence-corrected chi connectivity index (χ4v) is 2.05. The van der Waals surface area contributed by atoms with Crippen LogP contribution in [0.4, 0.5) is 5.69 Å². The van der Waals surface area contributed by atoms with Gasteiger partial charge in [-0.2, -0.15) is 0 Å². The van der Waals surface area contributed by atoms with Crippen molar-refractivity contribution < 1.29 is 4.74 Å². The SMILES string of the molecule is COc1c(N)ccc2c1CCCC2. The molecule has 2 heteroatoms. The van der Waals surface area contributed by atoms with Crippen molar-refractivity contribution >= 4 is 5.69 Å². The lowest BCUT2D eigenvalue weighted by atomic mass is 9.90. The van der Waals surface area contributed by atoms with Crippen molar-refractivity contribution in [2.75, 3.05) is 12.8 Å². The molecule has 0 bridgehead atoms. The molecule has 13 heavy (non-hydrogen) atoms. The molecule has 1 aliphatic rings. The van der Waals surface area contributed by atoms with Crippen LogP contribution in [-0.2, 0) is 12.8 Å². The molecule has 0 amide bonds. The Morgan fingerprint density at radius 1 is 1.23 bits per heavy atom. The van der Waals surface area contributed by atoms with Crippen molar-refractivity contribution in [2.24, 2.45) is 0 Å². The molecule has 2 N–H and O–H groups in total. The zero-order chi connectivity index (χ0) is 9.26. The Bertz CT molecular complexity index is 320. The number of ether oxygens (including phenoxy) is 1. The topological polar surface area (TPSA) is 35.2 Å². The van der Waals surface area contributed by atoms with E-state index in [4.69, 9.17) is 10.5 Å². The van der Waals surface area contributed by atoms with Crippen LogP contribution >= 0.6 is 0 Å². The molecule has 0 spiro atoms. The van der Waals surface area contributed by atoms with E-state index >= 15 is 0 Å². The Kier molecular flexibility index (Phi) is 2.13. The monoisotopic (exact) mass is 177 g/mol. The van der Waals surface area contributed by atoms with Crippen molar-refractivity contribution in [2.45, 2.75) is 25.7 Å². The normalized spacial score (nSPS) is 15.2. The molecule has 0 saturated carbocycles. The second-order valence-electron chi connectivity index (χ2n) is 3.53. The average molecular weight is 177 g/mol. The maximum Gasteiger partial charge on any atom is 0.145 e. The summed E-state index contributed by atoms with van der Waals surface area (Å²) >= 11 is 0. The molecule has 0 aliphatic heterocycles. The van der Waals surface area contributed by atoms with E-state index in [1.807, 2.05) is 6.07 Å². The maximum atomic E-state index is 5.83. The van der Waals surface area contributed by atoms with Gasteiger partial charge in [-0.3, -0.25) is 0 Å². The van der Waals surface area contributed by atoms with E-state index in [2.05, 4.69) is 6.07 Å². The lowest BCUT2D eigenvalue weighted by molar-refractivity contribution is 0.408. The van der Waals surface area contributed by atoms with Crippen LogP contribution in [0.5, 0.6) is 5.75 Å². The quantitative estimate of drug-likeness (QED) is 0.667. The highest BCUT2D eigenvalue weighted by atomic mass is 16.5. The first kappa shape index (κ1) is 8.42. The van der Waals surface area contributed by atoms with Gasteiger partial charge in [0.1, 0.15) is 5.75 Å². The molecule has 0 heterocycles. The van der Waals surface area contributed by atoms with Crippen LogP contribution in [0.1, 0.15) is 24.0 Å². The van der Waals surface area contributed by atoms with Crippen LogP contribution in [0.2, 0.25) is 0 Å². The van der Waals surface area contributed by atoms with E-state index in [1.54, 1.807) is 7.11 Å². The number of hydrogen-bond donors (Lipinski definition) is 1. The summed E-state index contributed by atoms with van der Waals surface area (Å²) in [6, 6.07) is 4.08. The molecule has 0 aromatic heterocycles. The van der Waals surface area contributed by atoms with Gasteiger partial charge < -0.3 is 10.5 Å². The third kappa shape index (κ3) is 1.37. The van der Waals surface area contributed by atoms with Gasteiger partial charge in [0.15, 0.2) is 0 Å². The van der Waals surface area contributed by atoms with Crippen LogP contribution in [0.25, 0.3) is 0 Å². The summed E-state index contributed by atoms with van der Waals surface area (Å²) in [5.41, 5.74) is 9.34. The molecule has 70 valence electrons. The van der Waals surface area contributed by atoms with Gasteiger partial charge in [0.2, 0.25) is 0 Å². The van der Waals surface area contributed by atoms with Crippen molar-refractivity contribution in [1.82, 2.24) is 0 Å². The number of aryl methyl sites for hydroxylation is 1. The minimum Gasteiger partial charge on any atom is -0.494 e. The first-order valence-electron chi connectivity index (χ1n) is 4.77. The average Bonchev–Trinajstić information content (AvgIpc) is 2.18. The molecular formula is C11H15NO. The molecule has 1 aliphatic carbocycles. The van der Waals surface area contributed by atoms with Gasteiger partial charge in [-0.25, -0.2) is 0 Å². The summed E-state index contributed by atoms with van der Waals surface area (Å²) in [7, 11) is 1.70. The molecule has 0 radical (unpaired) electrons. The van der Waals surface area contributed by atoms with Crippen LogP contribution < -0.4 is 10.5 Å². The van der Waals surface area contributed by atoms with E-state index in [1.165, 1.54) is 30.4 Å². The molecule has 1 aromatic carbocycles. The van der Waals surface area contributed by atoms with E-state index in [-0.39, 0.29) is 0 Å². The number of methoxy groups -OCH3 is 1. The molecule has 0 saturated heterocycles. The Morgan fingerprint density at radius 2 is 2.00 bits per heavy atom. The van der Waals surface area contributed by atoms with Gasteiger partial charge in [0.05, 0.1) is 12.8 Å². The van der Waals surface area contributed by atoms with Crippen LogP contribution in [0.15, 0.2) is 12.1 Å². The van der Waals surface area contributed by atoms with Crippen molar-refractivity contribution in [3.8, 4) is 5.75 Å². The summed E-state index contributed by atoms with van der Waals surface area (Å²) in [6.45, 7) is 0. The molecule has 0 unspecified atom stereocenters. The minimum atomic E-state index is 0.767. The van der Waals surface area contributed by atoms with Crippen molar-refractivity contribution in [3.05, 3.63) is 23.3 Å². The number of nitrogen functional groups attached to an aromatic ring is 1. The molecule has 0 fully saturated rings. The second-order valence-corrected chi connectivity index (χ2v) is 3.53. The highest BCUT2D eigenvalue weighted by Crippen LogP contribution is 2.33. The molecule has 0 atom stereocenters. The zero-order valence-electron chi connectivity index (χ0n) is 7.97. The van der Waals surface area contributed by atoms with Gasteiger partial charge in [0, 0.05) is 0 Å². The molecular weight excluding hydrogens is 162 g/mol. The Balaban J connectivity index is 2.52. The summed E-state index contributed by atoms with van der Waals surface area (Å²) in [5.74, 6) is 0.900. The number of anilines is 1. The van der Waals surface area contributed by atoms with Crippen LogP contribution in [0.3, 0.4) is 0 Å². The summed E-state index contributed by atoms with van der Waals surface area (Å²) in [6.07, 6.45) is 4.84. The number of hydrogen-bond acceptors (Lipinski definition) is 2. The highest BCUT2D eigenvalue weighted by molar-refractivity contribution is 5.60. The second kappa shape index (κ2) is 3.29. The van der Waals surface area contributed by atoms with Gasteiger partial charge in [-0.05, 0) is 42.9 Å². The maximum absolute atomic E-state index is 5.83. The smallest absolute Gasteiger partial charge is 0.145 e. The predicted molar refractivity (Wildman–Crippen MR) is 54.0 cm³/mol. The molecule has 2 rings (SSSR count). The number of benzene rings is 1. The fraction of sp³-hybridized carbons (Fsp3) is 0.455. The lowest BCUT2D eigenvalue weighted by Gasteiger charge is -2.19. The van der Waals surface area contributed by atoms with Gasteiger partial charge in [-0.1, -0.05) is 6.07 Å². The zero-order valence-corrected chi connectivity index (χ0v) is 7.97. The standard InChI is InChI=1S/C11H15NO/c1-13-11-9-5-3-2-4-8(9)6-7-10(11)12/h6-7H,2-5,12H2,1H3. The first-order chi connectivity index (χ1) is 6.33. The van der Waals surface area contributed by atoms with E-state index in [0.717, 1.165) is 17.9 Å². The molecule has 2 nitrogen and oxygen atoms in total. The largest absolute Gasteiger partial charge is 0.494 e. The fourth-order valence-electron chi connectivity index (χ4n) is 2.05. The number of rotatable bonds is 1. The van der Waals surface area contributed by atoms with Gasteiger partial charge in [-0.15, -0.1) is 0 Å². The Morgan fingerprint density at radius 3 is 2.77 bits per heavy atom. The van der Waals surface area contributed by atoms with E-state index < -0.39 is 0 Å². The summed E-state index contributed by atoms with van der Waals surface area (Å²) < 4.78 is 5.32. The lowest BCUT2D eigenvalue weighted by Crippen LogP contribution is -2.06. The Labute approximate surface area is 78.7 Å². The number of nitrogens with two attached hydrogens (primary N) is 1. The molecule has 1 aromatic rings. The van der Waals surface area contributed by atoms with E-state index in [0.29, 0.717) is 0 Å². The van der Waals surface area contributed by atoms with Crippen molar-refractivity contribution in [3.63, 3.8) is 0 Å². The third-order valence-electron chi connectivity index (χ3n) is 2.71. The van der Waals surface area contributed by atoms with Crippen LogP contribution in [0, 0.1) is 0 Å². The highest BCUT2D eigenvalue weighted by Gasteiger charge is 2.15. The predicted octanol–water partition coefficient (Wildman–Crippen LogP) is 2.16. The minimum absolute atomic E-state index is 0.767. The van der Waals surface area contributed by atoms with Crippen LogP contribution in [-0.4, -0.2) is 7.11 Å². The number of fused-ring (bicyclic) bond motifs is 1. The third-order valence-corrected chi connectivity index (χ3v) is 2.71. The van der Waals surface area contributed by atoms with Gasteiger partial charge in [0.25, 0.3) is 0 Å². The first-order valence-corrected chi connectivity index (χ1v) is 4.77. The van der Waals surface area contributed by atoms with Gasteiger partial charge >= 0.3 is 0 Å². The summed E-state index contributed by atoms with van der Waals surface area (Å²) in [4.78, 5) is 0. The van der Waals surface area contributed by atoms with E-state index in [9.17, 15) is 0 Å². The Hall–Kier alpha value is -1.18. The van der Waals surface area contributed by atoms with Crippen molar-refractivity contribution in [1.29, 1.82) is 0 Å².